The number of carbonyl (C=O) groups is 3. The normalized spacial score (nSPS) is 14.3. The summed E-state index contributed by atoms with van der Waals surface area (Å²) in [6.45, 7) is 1.21. The molecule has 0 bridgehead atoms. The summed E-state index contributed by atoms with van der Waals surface area (Å²) in [6.07, 6.45) is -1.02. The first-order valence-electron chi connectivity index (χ1n) is 4.59. The van der Waals surface area contributed by atoms with Gasteiger partial charge >= 0.3 is 5.97 Å². The molecule has 0 spiro atoms. The Morgan fingerprint density at radius 3 is 2.27 bits per heavy atom. The minimum atomic E-state index is -1.30. The minimum absolute atomic E-state index is 0.0787. The fourth-order valence-corrected chi connectivity index (χ4v) is 0.962. The zero-order chi connectivity index (χ0) is 12.0. The van der Waals surface area contributed by atoms with Crippen LogP contribution in [0.15, 0.2) is 0 Å². The van der Waals surface area contributed by atoms with Gasteiger partial charge in [-0.1, -0.05) is 0 Å². The van der Waals surface area contributed by atoms with Crippen molar-refractivity contribution < 1.29 is 24.6 Å². The standard InChI is InChI=1S/C9H15NO5/c1-5(11)8(13)7(12)4-2-3-6(10)9(14)15/h5-6,11H,2-4,10H2,1H3,(H,14,15). The van der Waals surface area contributed by atoms with Gasteiger partial charge in [-0.25, -0.2) is 0 Å². The fourth-order valence-electron chi connectivity index (χ4n) is 0.962. The number of rotatable bonds is 7. The molecule has 0 aliphatic rings. The van der Waals surface area contributed by atoms with E-state index >= 15 is 0 Å². The van der Waals surface area contributed by atoms with Crippen LogP contribution in [0.3, 0.4) is 0 Å². The van der Waals surface area contributed by atoms with Crippen molar-refractivity contribution in [2.24, 2.45) is 5.73 Å². The Hall–Kier alpha value is -1.27. The summed E-state index contributed by atoms with van der Waals surface area (Å²) in [7, 11) is 0. The van der Waals surface area contributed by atoms with Crippen molar-refractivity contribution in [1.82, 2.24) is 0 Å². The lowest BCUT2D eigenvalue weighted by Gasteiger charge is -2.05. The van der Waals surface area contributed by atoms with Crippen LogP contribution in [0.2, 0.25) is 0 Å². The lowest BCUT2D eigenvalue weighted by molar-refractivity contribution is -0.141. The van der Waals surface area contributed by atoms with Gasteiger partial charge in [0.05, 0.1) is 0 Å². The molecular formula is C9H15NO5. The van der Waals surface area contributed by atoms with Crippen LogP contribution < -0.4 is 5.73 Å². The first-order valence-corrected chi connectivity index (χ1v) is 4.59. The number of aliphatic hydroxyl groups is 1. The van der Waals surface area contributed by atoms with Crippen LogP contribution in [-0.2, 0) is 14.4 Å². The van der Waals surface area contributed by atoms with E-state index in [9.17, 15) is 14.4 Å². The third-order valence-corrected chi connectivity index (χ3v) is 1.89. The molecule has 0 radical (unpaired) electrons. The van der Waals surface area contributed by atoms with Crippen molar-refractivity contribution in [3.05, 3.63) is 0 Å². The average Bonchev–Trinajstić information content (AvgIpc) is 2.15. The van der Waals surface area contributed by atoms with E-state index in [4.69, 9.17) is 15.9 Å². The highest BCUT2D eigenvalue weighted by Gasteiger charge is 2.19. The van der Waals surface area contributed by atoms with E-state index < -0.39 is 29.7 Å². The number of aliphatic hydroxyl groups excluding tert-OH is 1. The van der Waals surface area contributed by atoms with E-state index in [0.717, 1.165) is 0 Å². The van der Waals surface area contributed by atoms with Crippen molar-refractivity contribution in [2.45, 2.75) is 38.3 Å². The van der Waals surface area contributed by atoms with E-state index in [0.29, 0.717) is 0 Å². The first kappa shape index (κ1) is 13.7. The molecule has 0 aromatic heterocycles. The molecule has 0 saturated carbocycles. The molecule has 2 unspecified atom stereocenters. The maximum Gasteiger partial charge on any atom is 0.320 e. The Balaban J connectivity index is 3.83. The van der Waals surface area contributed by atoms with Gasteiger partial charge in [-0.2, -0.15) is 0 Å². The predicted molar refractivity (Wildman–Crippen MR) is 51.2 cm³/mol. The van der Waals surface area contributed by atoms with Crippen LogP contribution >= 0.6 is 0 Å². The van der Waals surface area contributed by atoms with E-state index in [1.54, 1.807) is 0 Å². The van der Waals surface area contributed by atoms with Gasteiger partial charge in [-0.05, 0) is 19.8 Å². The molecule has 0 saturated heterocycles. The Bertz CT molecular complexity index is 261. The van der Waals surface area contributed by atoms with Crippen LogP contribution in [0, 0.1) is 0 Å². The van der Waals surface area contributed by atoms with Crippen LogP contribution in [-0.4, -0.2) is 39.9 Å². The molecule has 0 aliphatic heterocycles. The fraction of sp³-hybridized carbons (Fsp3) is 0.667. The molecule has 0 rings (SSSR count). The summed E-state index contributed by atoms with van der Waals surface area (Å²) in [5.74, 6) is -2.68. The Labute approximate surface area is 87.1 Å². The van der Waals surface area contributed by atoms with Crippen molar-refractivity contribution in [1.29, 1.82) is 0 Å². The molecule has 0 amide bonds. The number of aliphatic carboxylic acids is 1. The number of carboxylic acid groups (broad SMARTS) is 1. The van der Waals surface area contributed by atoms with Gasteiger partial charge in [0.2, 0.25) is 11.6 Å². The van der Waals surface area contributed by atoms with Gasteiger partial charge < -0.3 is 15.9 Å². The summed E-state index contributed by atoms with van der Waals surface area (Å²) in [5, 5.41) is 17.2. The van der Waals surface area contributed by atoms with Crippen molar-refractivity contribution in [3.63, 3.8) is 0 Å². The second-order valence-corrected chi connectivity index (χ2v) is 3.30. The number of hydrogen-bond acceptors (Lipinski definition) is 5. The number of nitrogens with two attached hydrogens (primary N) is 1. The van der Waals surface area contributed by atoms with E-state index in [1.807, 2.05) is 0 Å². The number of carbonyl (C=O) groups excluding carboxylic acids is 2. The Morgan fingerprint density at radius 2 is 1.87 bits per heavy atom. The lowest BCUT2D eigenvalue weighted by atomic mass is 10.0. The quantitative estimate of drug-likeness (QED) is 0.475. The SMILES string of the molecule is CC(O)C(=O)C(=O)CCCC(N)C(=O)O. The van der Waals surface area contributed by atoms with Crippen molar-refractivity contribution >= 4 is 17.5 Å². The molecule has 6 heteroatoms. The average molecular weight is 217 g/mol. The Morgan fingerprint density at radius 1 is 1.33 bits per heavy atom. The topological polar surface area (TPSA) is 118 Å². The minimum Gasteiger partial charge on any atom is -0.480 e. The van der Waals surface area contributed by atoms with Crippen molar-refractivity contribution in [3.8, 4) is 0 Å². The highest BCUT2D eigenvalue weighted by atomic mass is 16.4. The largest absolute Gasteiger partial charge is 0.480 e. The maximum absolute atomic E-state index is 11.0. The summed E-state index contributed by atoms with van der Waals surface area (Å²) >= 11 is 0. The van der Waals surface area contributed by atoms with Crippen molar-refractivity contribution in [2.75, 3.05) is 0 Å². The van der Waals surface area contributed by atoms with E-state index in [2.05, 4.69) is 0 Å². The van der Waals surface area contributed by atoms with Gasteiger partial charge in [-0.15, -0.1) is 0 Å². The van der Waals surface area contributed by atoms with Gasteiger partial charge in [0, 0.05) is 6.42 Å². The molecule has 4 N–H and O–H groups in total. The van der Waals surface area contributed by atoms with E-state index in [1.165, 1.54) is 6.92 Å². The summed E-state index contributed by atoms with van der Waals surface area (Å²) in [5.41, 5.74) is 5.19. The molecule has 0 aromatic rings. The molecule has 6 nitrogen and oxygen atoms in total. The molecule has 0 heterocycles. The summed E-state index contributed by atoms with van der Waals surface area (Å²) in [4.78, 5) is 32.2. The molecular weight excluding hydrogens is 202 g/mol. The number of hydrogen-bond donors (Lipinski definition) is 3. The number of ketones is 2. The number of Topliss-reactive ketones (excluding diaryl/α,β-unsaturated/α-hetero) is 2. The lowest BCUT2D eigenvalue weighted by Crippen LogP contribution is -2.30. The molecule has 15 heavy (non-hydrogen) atoms. The second-order valence-electron chi connectivity index (χ2n) is 3.30. The van der Waals surface area contributed by atoms with Gasteiger partial charge in [0.1, 0.15) is 12.1 Å². The monoisotopic (exact) mass is 217 g/mol. The van der Waals surface area contributed by atoms with Crippen LogP contribution in [0.5, 0.6) is 0 Å². The summed E-state index contributed by atoms with van der Waals surface area (Å²) < 4.78 is 0. The van der Waals surface area contributed by atoms with E-state index in [-0.39, 0.29) is 19.3 Å². The third-order valence-electron chi connectivity index (χ3n) is 1.89. The number of carboxylic acids is 1. The van der Waals surface area contributed by atoms with Crippen LogP contribution in [0.4, 0.5) is 0 Å². The molecule has 0 aromatic carbocycles. The Kier molecular flexibility index (Phi) is 5.73. The smallest absolute Gasteiger partial charge is 0.320 e. The van der Waals surface area contributed by atoms with Gasteiger partial charge in [0.25, 0.3) is 0 Å². The van der Waals surface area contributed by atoms with Crippen LogP contribution in [0.25, 0.3) is 0 Å². The van der Waals surface area contributed by atoms with Gasteiger partial charge in [-0.3, -0.25) is 14.4 Å². The predicted octanol–water partition coefficient (Wildman–Crippen LogP) is -0.912. The molecule has 0 fully saturated rings. The summed E-state index contributed by atoms with van der Waals surface area (Å²) in [6, 6.07) is -1.01. The molecule has 86 valence electrons. The van der Waals surface area contributed by atoms with Crippen LogP contribution in [0.1, 0.15) is 26.2 Å². The zero-order valence-corrected chi connectivity index (χ0v) is 8.47. The molecule has 0 aliphatic carbocycles. The molecule has 2 atom stereocenters. The van der Waals surface area contributed by atoms with Gasteiger partial charge in [0.15, 0.2) is 0 Å². The zero-order valence-electron chi connectivity index (χ0n) is 8.47. The highest BCUT2D eigenvalue weighted by molar-refractivity contribution is 6.38. The maximum atomic E-state index is 11.0. The second kappa shape index (κ2) is 6.26. The first-order chi connectivity index (χ1) is 6.86. The highest BCUT2D eigenvalue weighted by Crippen LogP contribution is 2.02. The third kappa shape index (κ3) is 5.24.